The van der Waals surface area contributed by atoms with Crippen LogP contribution in [0.25, 0.3) is 5.65 Å². The largest absolute Gasteiger partial charge is 0.416 e. The number of hydrogen-bond donors (Lipinski definition) is 2. The van der Waals surface area contributed by atoms with E-state index in [2.05, 4.69) is 20.7 Å². The molecule has 0 unspecified atom stereocenters. The van der Waals surface area contributed by atoms with E-state index in [-0.39, 0.29) is 16.9 Å². The van der Waals surface area contributed by atoms with Crippen molar-refractivity contribution < 1.29 is 22.8 Å². The van der Waals surface area contributed by atoms with Crippen LogP contribution in [-0.4, -0.2) is 26.4 Å². The van der Waals surface area contributed by atoms with E-state index in [1.807, 2.05) is 0 Å². The smallest absolute Gasteiger partial charge is 0.322 e. The van der Waals surface area contributed by atoms with Crippen molar-refractivity contribution in [1.82, 2.24) is 14.6 Å². The minimum Gasteiger partial charge on any atom is -0.322 e. The van der Waals surface area contributed by atoms with Crippen LogP contribution >= 0.6 is 0 Å². The van der Waals surface area contributed by atoms with Gasteiger partial charge in [-0.2, -0.15) is 18.3 Å². The Labute approximate surface area is 179 Å². The maximum Gasteiger partial charge on any atom is 0.416 e. The van der Waals surface area contributed by atoms with Gasteiger partial charge in [0, 0.05) is 23.1 Å². The molecule has 0 atom stereocenters. The van der Waals surface area contributed by atoms with E-state index in [1.54, 1.807) is 25.1 Å². The van der Waals surface area contributed by atoms with Crippen molar-refractivity contribution in [3.8, 4) is 0 Å². The fourth-order valence-electron chi connectivity index (χ4n) is 3.04. The van der Waals surface area contributed by atoms with Gasteiger partial charge in [-0.05, 0) is 55.0 Å². The van der Waals surface area contributed by atoms with Gasteiger partial charge in [-0.3, -0.25) is 9.59 Å². The lowest BCUT2D eigenvalue weighted by Crippen LogP contribution is -2.17. The van der Waals surface area contributed by atoms with Crippen molar-refractivity contribution in [2.45, 2.75) is 13.1 Å². The summed E-state index contributed by atoms with van der Waals surface area (Å²) in [5.74, 6) is -1.09. The first-order chi connectivity index (χ1) is 15.2. The lowest BCUT2D eigenvalue weighted by molar-refractivity contribution is -0.137. The summed E-state index contributed by atoms with van der Waals surface area (Å²) in [6.45, 7) is 1.75. The number of hydrogen-bond acceptors (Lipinski definition) is 4. The first-order valence-corrected chi connectivity index (χ1v) is 9.42. The van der Waals surface area contributed by atoms with Gasteiger partial charge < -0.3 is 10.6 Å². The third kappa shape index (κ3) is 4.29. The minimum atomic E-state index is -4.52. The lowest BCUT2D eigenvalue weighted by atomic mass is 10.1. The van der Waals surface area contributed by atoms with Crippen molar-refractivity contribution in [2.24, 2.45) is 0 Å². The Morgan fingerprint density at radius 2 is 1.78 bits per heavy atom. The number of nitrogens with one attached hydrogen (secondary N) is 2. The first-order valence-electron chi connectivity index (χ1n) is 9.42. The van der Waals surface area contributed by atoms with Crippen molar-refractivity contribution in [3.63, 3.8) is 0 Å². The van der Waals surface area contributed by atoms with Gasteiger partial charge in [-0.25, -0.2) is 9.50 Å². The molecule has 4 aromatic rings. The molecule has 0 fully saturated rings. The third-order valence-corrected chi connectivity index (χ3v) is 4.71. The standard InChI is InChI=1S/C22H16F3N5O2/c1-13-7-8-14(20(31)28-16-5-2-4-15(11-16)22(23,24)25)10-17(13)29-21(32)18-12-26-19-6-3-9-27-30(18)19/h2-12H,1H3,(H,28,31)(H,29,32). The van der Waals surface area contributed by atoms with Gasteiger partial charge in [0.25, 0.3) is 11.8 Å². The van der Waals surface area contributed by atoms with E-state index in [9.17, 15) is 22.8 Å². The highest BCUT2D eigenvalue weighted by molar-refractivity contribution is 6.07. The van der Waals surface area contributed by atoms with Crippen LogP contribution in [0.1, 0.15) is 32.0 Å². The summed E-state index contributed by atoms with van der Waals surface area (Å²) in [5.41, 5.74) is 1.08. The number of amides is 2. The molecule has 2 aromatic carbocycles. The average molecular weight is 439 g/mol. The van der Waals surface area contributed by atoms with Crippen LogP contribution in [0, 0.1) is 6.92 Å². The van der Waals surface area contributed by atoms with Crippen molar-refractivity contribution in [3.05, 3.63) is 89.4 Å². The number of nitrogens with zero attached hydrogens (tertiary/aromatic N) is 3. The quantitative estimate of drug-likeness (QED) is 0.488. The summed E-state index contributed by atoms with van der Waals surface area (Å²) in [5, 5.41) is 9.26. The van der Waals surface area contributed by atoms with Gasteiger partial charge in [-0.1, -0.05) is 12.1 Å². The average Bonchev–Trinajstić information content (AvgIpc) is 3.19. The first kappa shape index (κ1) is 21.0. The second-order valence-corrected chi connectivity index (χ2v) is 6.95. The Kier molecular flexibility index (Phi) is 5.35. The molecule has 162 valence electrons. The van der Waals surface area contributed by atoms with E-state index >= 15 is 0 Å². The topological polar surface area (TPSA) is 88.4 Å². The van der Waals surface area contributed by atoms with Crippen molar-refractivity contribution in [2.75, 3.05) is 10.6 Å². The second kappa shape index (κ2) is 8.14. The number of carbonyl (C=O) groups excluding carboxylic acids is 2. The molecule has 0 aliphatic carbocycles. The molecule has 0 aliphatic rings. The molecule has 0 bridgehead atoms. The number of alkyl halides is 3. The monoisotopic (exact) mass is 439 g/mol. The summed E-state index contributed by atoms with van der Waals surface area (Å²) < 4.78 is 40.1. The summed E-state index contributed by atoms with van der Waals surface area (Å²) in [7, 11) is 0. The predicted octanol–water partition coefficient (Wildman–Crippen LogP) is 4.56. The molecule has 10 heteroatoms. The Bertz CT molecular complexity index is 1330. The van der Waals surface area contributed by atoms with Crippen LogP contribution in [-0.2, 0) is 6.18 Å². The van der Waals surface area contributed by atoms with Crippen LogP contribution in [0.3, 0.4) is 0 Å². The van der Waals surface area contributed by atoms with Crippen molar-refractivity contribution >= 4 is 28.8 Å². The predicted molar refractivity (Wildman–Crippen MR) is 112 cm³/mol. The number of rotatable bonds is 4. The zero-order valence-electron chi connectivity index (χ0n) is 16.6. The van der Waals surface area contributed by atoms with Gasteiger partial charge in [0.15, 0.2) is 11.3 Å². The fraction of sp³-hybridized carbons (Fsp3) is 0.0909. The highest BCUT2D eigenvalue weighted by atomic mass is 19.4. The molecular weight excluding hydrogens is 423 g/mol. The van der Waals surface area contributed by atoms with Crippen LogP contribution in [0.5, 0.6) is 0 Å². The summed E-state index contributed by atoms with van der Waals surface area (Å²) in [4.78, 5) is 29.4. The molecule has 2 amide bonds. The van der Waals surface area contributed by atoms with Gasteiger partial charge in [0.2, 0.25) is 0 Å². The van der Waals surface area contributed by atoms with Crippen LogP contribution in [0.2, 0.25) is 0 Å². The Morgan fingerprint density at radius 1 is 0.969 bits per heavy atom. The van der Waals surface area contributed by atoms with Crippen LogP contribution in [0.4, 0.5) is 24.5 Å². The SMILES string of the molecule is Cc1ccc(C(=O)Nc2cccc(C(F)(F)F)c2)cc1NC(=O)c1cnc2cccnn12. The third-order valence-electron chi connectivity index (χ3n) is 4.71. The molecule has 2 aromatic heterocycles. The second-order valence-electron chi connectivity index (χ2n) is 6.95. The number of halogens is 3. The van der Waals surface area contributed by atoms with E-state index in [1.165, 1.54) is 41.2 Å². The number of benzene rings is 2. The number of carbonyl (C=O) groups is 2. The highest BCUT2D eigenvalue weighted by Crippen LogP contribution is 2.30. The zero-order chi connectivity index (χ0) is 22.9. The number of fused-ring (bicyclic) bond motifs is 1. The Balaban J connectivity index is 1.55. The van der Waals surface area contributed by atoms with Crippen LogP contribution < -0.4 is 10.6 Å². The van der Waals surface area contributed by atoms with E-state index in [4.69, 9.17) is 0 Å². The number of imidazole rings is 1. The van der Waals surface area contributed by atoms with Gasteiger partial charge in [-0.15, -0.1) is 0 Å². The summed E-state index contributed by atoms with van der Waals surface area (Å²) in [6, 6.07) is 12.3. The molecule has 7 nitrogen and oxygen atoms in total. The zero-order valence-corrected chi connectivity index (χ0v) is 16.6. The Hall–Kier alpha value is -4.21. The molecule has 0 radical (unpaired) electrons. The van der Waals surface area contributed by atoms with Crippen molar-refractivity contribution in [1.29, 1.82) is 0 Å². The summed E-state index contributed by atoms with van der Waals surface area (Å²) in [6.07, 6.45) is -1.61. The maximum absolute atomic E-state index is 12.9. The molecule has 2 N–H and O–H groups in total. The molecule has 2 heterocycles. The minimum absolute atomic E-state index is 0.00721. The molecule has 0 spiro atoms. The molecule has 0 saturated carbocycles. The molecule has 0 saturated heterocycles. The molecule has 0 aliphatic heterocycles. The number of aromatic nitrogens is 3. The number of aryl methyl sites for hydroxylation is 1. The molecule has 32 heavy (non-hydrogen) atoms. The van der Waals surface area contributed by atoms with Crippen LogP contribution in [0.15, 0.2) is 67.0 Å². The van der Waals surface area contributed by atoms with Gasteiger partial charge in [0.1, 0.15) is 0 Å². The molecular formula is C22H16F3N5O2. The summed E-state index contributed by atoms with van der Waals surface area (Å²) >= 11 is 0. The molecule has 4 rings (SSSR count). The highest BCUT2D eigenvalue weighted by Gasteiger charge is 2.30. The van der Waals surface area contributed by atoms with E-state index in [0.29, 0.717) is 16.9 Å². The maximum atomic E-state index is 12.9. The fourth-order valence-corrected chi connectivity index (χ4v) is 3.04. The number of anilines is 2. The van der Waals surface area contributed by atoms with Gasteiger partial charge >= 0.3 is 6.18 Å². The van der Waals surface area contributed by atoms with E-state index in [0.717, 1.165) is 12.1 Å². The lowest BCUT2D eigenvalue weighted by Gasteiger charge is -2.12. The van der Waals surface area contributed by atoms with Gasteiger partial charge in [0.05, 0.1) is 11.8 Å². The van der Waals surface area contributed by atoms with E-state index < -0.39 is 23.6 Å². The Morgan fingerprint density at radius 3 is 2.56 bits per heavy atom. The normalized spacial score (nSPS) is 11.4.